The smallest absolute Gasteiger partial charge is 0.475 e. The van der Waals surface area contributed by atoms with Crippen LogP contribution in [0.25, 0.3) is 22.9 Å². The number of benzene rings is 2. The molecule has 2 aromatic carbocycles. The van der Waals surface area contributed by atoms with Crippen molar-refractivity contribution in [1.82, 2.24) is 35.5 Å². The van der Waals surface area contributed by atoms with Gasteiger partial charge in [-0.2, -0.15) is 13.2 Å². The van der Waals surface area contributed by atoms with Crippen molar-refractivity contribution >= 4 is 81.7 Å². The number of carbonyl (C=O) groups is 3. The van der Waals surface area contributed by atoms with Crippen LogP contribution in [0.1, 0.15) is 132 Å². The largest absolute Gasteiger partial charge is 0.490 e. The number of carbonyl (C=O) groups excluding carboxylic acids is 2. The quantitative estimate of drug-likeness (QED) is 0.0460. The van der Waals surface area contributed by atoms with Gasteiger partial charge in [0.25, 0.3) is 11.8 Å². The Hall–Kier alpha value is -5.57. The first kappa shape index (κ1) is 69.2. The maximum atomic E-state index is 13.2. The number of carboxylic acids is 1. The maximum absolute atomic E-state index is 13.2. The Bertz CT molecular complexity index is 3230. The minimum Gasteiger partial charge on any atom is -0.475 e. The first-order valence-corrected chi connectivity index (χ1v) is 33.1. The Morgan fingerprint density at radius 1 is 0.655 bits per heavy atom. The number of likely N-dealkylation sites (tertiary alicyclic amines) is 1. The van der Waals surface area contributed by atoms with Crippen molar-refractivity contribution in [3.63, 3.8) is 0 Å². The van der Waals surface area contributed by atoms with Crippen LogP contribution in [-0.2, 0) is 49.1 Å². The first-order valence-electron chi connectivity index (χ1n) is 27.4. The molecular weight excluding hydrogens is 1290 g/mol. The van der Waals surface area contributed by atoms with Crippen LogP contribution < -0.4 is 16.4 Å². The number of amides is 2. The van der Waals surface area contributed by atoms with E-state index in [2.05, 4.69) is 67.3 Å². The number of hydrogen-bond acceptors (Lipinski definition) is 15. The number of aliphatic carboxylic acids is 1. The second kappa shape index (κ2) is 33.4. The van der Waals surface area contributed by atoms with Gasteiger partial charge in [-0.1, -0.05) is 44.0 Å². The lowest BCUT2D eigenvalue weighted by Crippen LogP contribution is -2.39. The van der Waals surface area contributed by atoms with Crippen LogP contribution in [0.4, 0.5) is 13.2 Å². The minimum absolute atomic E-state index is 0. The topological polar surface area (TPSA) is 271 Å². The molecule has 3 aliphatic rings. The van der Waals surface area contributed by atoms with Crippen molar-refractivity contribution in [3.8, 4) is 22.9 Å². The summed E-state index contributed by atoms with van der Waals surface area (Å²) in [4.78, 5) is 53.4. The Morgan fingerprint density at radius 3 is 1.38 bits per heavy atom. The molecule has 2 amide bonds. The molecule has 1 saturated heterocycles. The molecule has 84 heavy (non-hydrogen) atoms. The van der Waals surface area contributed by atoms with E-state index in [-0.39, 0.29) is 52.3 Å². The summed E-state index contributed by atoms with van der Waals surface area (Å²) in [6, 6.07) is 21.9. The molecule has 0 atom stereocenters. The molecule has 0 bridgehead atoms. The van der Waals surface area contributed by atoms with E-state index >= 15 is 0 Å². The summed E-state index contributed by atoms with van der Waals surface area (Å²) < 4.78 is 95.5. The zero-order valence-electron chi connectivity index (χ0n) is 46.7. The van der Waals surface area contributed by atoms with Crippen molar-refractivity contribution in [1.29, 1.82) is 0 Å². The van der Waals surface area contributed by atoms with Crippen LogP contribution in [0, 0.1) is 13.8 Å². The van der Waals surface area contributed by atoms with Crippen molar-refractivity contribution < 1.29 is 58.3 Å². The average molecular weight is 1360 g/mol. The number of aryl methyl sites for hydroxylation is 2. The maximum Gasteiger partial charge on any atom is 0.490 e. The zero-order valence-corrected chi connectivity index (χ0v) is 52.4. The number of hydrogen-bond donors (Lipinski definition) is 4. The number of oxazole rings is 2. The Morgan fingerprint density at radius 2 is 1.04 bits per heavy atom. The molecule has 458 valence electrons. The molecule has 6 aromatic rings. The van der Waals surface area contributed by atoms with Gasteiger partial charge in [-0.05, 0) is 176 Å². The molecule has 0 unspecified atom stereocenters. The molecule has 26 heteroatoms. The Labute approximate surface area is 511 Å². The van der Waals surface area contributed by atoms with Gasteiger partial charge in [0, 0.05) is 82.9 Å². The fourth-order valence-electron chi connectivity index (χ4n) is 9.60. The van der Waals surface area contributed by atoms with E-state index in [1.807, 2.05) is 24.3 Å². The number of unbranched alkanes of at least 4 members (excludes halogenated alkanes) is 1. The molecule has 3 fully saturated rings. The fraction of sp³-hybridized carbons (Fsp3) is 0.466. The highest BCUT2D eigenvalue weighted by atomic mass is 79.9. The van der Waals surface area contributed by atoms with Crippen molar-refractivity contribution in [2.75, 3.05) is 23.7 Å². The molecule has 0 spiro atoms. The number of nitrogens with zero attached hydrogens (tertiary/aromatic N) is 5. The summed E-state index contributed by atoms with van der Waals surface area (Å²) in [6.07, 6.45) is 12.8. The standard InChI is InChI=1S/C28H34N4O4S.C24H28N4O4S.C4H8Br2.C2HF3O2.ClH/c1-20-26(19-37(34,35)25-12-10-24(11-13-25)32-15-2-3-16-32)31-28(36-20)23-8-6-22(7-9-23)27(33)30-18-21-5-4-14-29-17-21;1-16-22(15-33(30,31)21-10-8-20(25)9-11-21)28-24(32-16)19-6-4-18(5-7-19)23(29)27-14-17-3-2-12-26-13-17;5-3-1-2-4-6;3-2(4,5)1(6)7;/h4-9,14,17,24-25H,2-3,10-13,15-16,18-19H2,1H3,(H,30,33);2-7,12-13,20-21H,8-11,14-15,25H2,1H3,(H,27,29);1-4H2;(H,6,7);1H. The second-order valence-corrected chi connectivity index (χ2v) is 26.6. The summed E-state index contributed by atoms with van der Waals surface area (Å²) in [5, 5.41) is 14.4. The fourth-order valence-corrected chi connectivity index (χ4v) is 14.1. The molecule has 2 saturated carbocycles. The number of rotatable bonds is 18. The van der Waals surface area contributed by atoms with Crippen molar-refractivity contribution in [2.45, 2.75) is 144 Å². The number of sulfone groups is 2. The van der Waals surface area contributed by atoms with Crippen LogP contribution in [-0.4, -0.2) is 117 Å². The predicted octanol–water partition coefficient (Wildman–Crippen LogP) is 11.1. The van der Waals surface area contributed by atoms with Crippen LogP contribution in [0.3, 0.4) is 0 Å². The predicted molar refractivity (Wildman–Crippen MR) is 324 cm³/mol. The summed E-state index contributed by atoms with van der Waals surface area (Å²) >= 11 is 6.66. The van der Waals surface area contributed by atoms with E-state index in [4.69, 9.17) is 24.5 Å². The minimum atomic E-state index is -5.08. The van der Waals surface area contributed by atoms with Gasteiger partial charge in [-0.15, -0.1) is 12.4 Å². The second-order valence-electron chi connectivity index (χ2n) is 20.5. The van der Waals surface area contributed by atoms with E-state index in [9.17, 15) is 39.6 Å². The van der Waals surface area contributed by atoms with Crippen molar-refractivity contribution in [3.05, 3.63) is 143 Å². The zero-order chi connectivity index (χ0) is 60.2. The van der Waals surface area contributed by atoms with Gasteiger partial charge in [0.1, 0.15) is 11.5 Å². The lowest BCUT2D eigenvalue weighted by Gasteiger charge is -2.34. The number of alkyl halides is 5. The van der Waals surface area contributed by atoms with Crippen LogP contribution in [0.5, 0.6) is 0 Å². The van der Waals surface area contributed by atoms with E-state index in [0.717, 1.165) is 73.4 Å². The van der Waals surface area contributed by atoms with Gasteiger partial charge in [-0.25, -0.2) is 31.6 Å². The summed E-state index contributed by atoms with van der Waals surface area (Å²) in [5.41, 5.74) is 11.0. The number of nitrogens with one attached hydrogen (secondary N) is 2. The third-order valence-corrected chi connectivity index (χ3v) is 19.8. The number of nitrogens with two attached hydrogens (primary N) is 1. The van der Waals surface area contributed by atoms with Gasteiger partial charge < -0.3 is 35.2 Å². The molecule has 5 N–H and O–H groups in total. The SMILES string of the molecule is BrCCCCBr.Cc1oc(-c2ccc(C(=O)NCc3cccnc3)cc2)nc1CS(=O)(=O)C1CCC(N)CC1.Cc1oc(-c2ccc(C(=O)NCc3cccnc3)cc2)nc1CS(=O)(=O)C1CCC(N2CCCC2)CC1.Cl.O=C(O)C(F)(F)F. The normalized spacial score (nSPS) is 18.0. The highest BCUT2D eigenvalue weighted by Crippen LogP contribution is 2.33. The van der Waals surface area contributed by atoms with E-state index in [0.29, 0.717) is 88.9 Å². The monoisotopic (exact) mass is 1350 g/mol. The Balaban J connectivity index is 0.000000252. The van der Waals surface area contributed by atoms with Gasteiger partial charge in [0.15, 0.2) is 19.7 Å². The third-order valence-electron chi connectivity index (χ3n) is 14.4. The number of halogens is 6. The highest BCUT2D eigenvalue weighted by molar-refractivity contribution is 9.09. The van der Waals surface area contributed by atoms with Crippen LogP contribution in [0.15, 0.2) is 106 Å². The molecule has 18 nitrogen and oxygen atoms in total. The molecule has 2 aliphatic carbocycles. The first-order chi connectivity index (χ1) is 39.6. The molecule has 4 aromatic heterocycles. The van der Waals surface area contributed by atoms with E-state index in [1.54, 1.807) is 87.2 Å². The number of carboxylic acid groups (broad SMARTS) is 1. The average Bonchev–Trinajstić information content (AvgIpc) is 3.78. The highest BCUT2D eigenvalue weighted by Gasteiger charge is 2.38. The van der Waals surface area contributed by atoms with Crippen molar-refractivity contribution in [2.24, 2.45) is 5.73 Å². The van der Waals surface area contributed by atoms with Gasteiger partial charge in [0.05, 0.1) is 33.4 Å². The van der Waals surface area contributed by atoms with Crippen LogP contribution in [0.2, 0.25) is 0 Å². The molecule has 5 heterocycles. The molecule has 0 radical (unpaired) electrons. The van der Waals surface area contributed by atoms with Crippen LogP contribution >= 0.6 is 44.3 Å². The van der Waals surface area contributed by atoms with Gasteiger partial charge >= 0.3 is 12.1 Å². The third kappa shape index (κ3) is 21.4. The Kier molecular flexibility index (Phi) is 27.5. The lowest BCUT2D eigenvalue weighted by molar-refractivity contribution is -0.192. The number of aromatic nitrogens is 4. The summed E-state index contributed by atoms with van der Waals surface area (Å²) in [6.45, 7) is 6.56. The van der Waals surface area contributed by atoms with Gasteiger partial charge in [0.2, 0.25) is 11.8 Å². The number of pyridine rings is 2. The molecule has 9 rings (SSSR count). The summed E-state index contributed by atoms with van der Waals surface area (Å²) in [7, 11) is -6.65. The van der Waals surface area contributed by atoms with Gasteiger partial charge in [-0.3, -0.25) is 19.6 Å². The summed E-state index contributed by atoms with van der Waals surface area (Å²) in [5.74, 6) is -1.69. The van der Waals surface area contributed by atoms with E-state index in [1.165, 1.54) is 25.7 Å². The van der Waals surface area contributed by atoms with E-state index < -0.39 is 31.8 Å². The lowest BCUT2D eigenvalue weighted by atomic mass is 9.94. The molecular formula is C58H72Br2ClF3N8O10S2. The molecule has 1 aliphatic heterocycles.